The number of aryl methyl sites for hydroxylation is 2. The third-order valence-corrected chi connectivity index (χ3v) is 7.42. The van der Waals surface area contributed by atoms with Crippen molar-refractivity contribution in [3.63, 3.8) is 0 Å². The summed E-state index contributed by atoms with van der Waals surface area (Å²) in [7, 11) is -3.13. The van der Waals surface area contributed by atoms with Crippen LogP contribution in [0.3, 0.4) is 0 Å². The maximum Gasteiger partial charge on any atom is 0.472 e. The Balaban J connectivity index is 1.56. The van der Waals surface area contributed by atoms with Crippen LogP contribution in [0.5, 0.6) is 11.5 Å². The summed E-state index contributed by atoms with van der Waals surface area (Å²) in [5.74, 6) is -0.650. The zero-order valence-corrected chi connectivity index (χ0v) is 27.3. The predicted octanol–water partition coefficient (Wildman–Crippen LogP) is 4.25. The Hall–Kier alpha value is -3.74. The number of phosphoric acid groups is 1. The van der Waals surface area contributed by atoms with Gasteiger partial charge in [-0.2, -0.15) is 0 Å². The van der Waals surface area contributed by atoms with E-state index in [-0.39, 0.29) is 19.8 Å². The molecule has 3 atom stereocenters. The fraction of sp³-hybridized carbons (Fsp3) is 0.452. The fourth-order valence-electron chi connectivity index (χ4n) is 4.51. The second kappa shape index (κ2) is 15.5. The van der Waals surface area contributed by atoms with Gasteiger partial charge < -0.3 is 33.9 Å². The van der Waals surface area contributed by atoms with Gasteiger partial charge in [-0.05, 0) is 57.0 Å². The largest absolute Gasteiger partial charge is 0.482 e. The van der Waals surface area contributed by atoms with Crippen molar-refractivity contribution < 1.29 is 56.6 Å². The van der Waals surface area contributed by atoms with Crippen molar-refractivity contribution in [3.8, 4) is 22.6 Å². The number of amides is 1. The quantitative estimate of drug-likeness (QED) is 0.0928. The van der Waals surface area contributed by atoms with Crippen molar-refractivity contribution in [2.75, 3.05) is 33.5 Å². The Morgan fingerprint density at radius 3 is 2.44 bits per heavy atom. The SMILES string of the molecule is COC(/C=C\C(=O)NCCOP(=O)(O)OCC(COC(C)=O)OC(C)=O)Oc1cc(C)cc2c1-c1cc(C)ccc1C(C)(C)O2. The topological polar surface area (TPSA) is 165 Å². The van der Waals surface area contributed by atoms with Crippen LogP contribution in [0.15, 0.2) is 42.5 Å². The van der Waals surface area contributed by atoms with Crippen LogP contribution >= 0.6 is 7.82 Å². The average molecular weight is 650 g/mol. The van der Waals surface area contributed by atoms with Crippen molar-refractivity contribution in [1.82, 2.24) is 5.32 Å². The first-order valence-electron chi connectivity index (χ1n) is 14.1. The highest BCUT2D eigenvalue weighted by Gasteiger charge is 2.35. The van der Waals surface area contributed by atoms with E-state index in [1.165, 1.54) is 19.3 Å². The van der Waals surface area contributed by atoms with Crippen LogP contribution in [0.2, 0.25) is 0 Å². The van der Waals surface area contributed by atoms with E-state index in [9.17, 15) is 23.8 Å². The van der Waals surface area contributed by atoms with Crippen LogP contribution in [-0.4, -0.2) is 68.6 Å². The summed E-state index contributed by atoms with van der Waals surface area (Å²) >= 11 is 0. The summed E-state index contributed by atoms with van der Waals surface area (Å²) < 4.78 is 49.5. The van der Waals surface area contributed by atoms with Crippen molar-refractivity contribution in [3.05, 3.63) is 59.2 Å². The molecule has 0 aliphatic carbocycles. The molecule has 246 valence electrons. The third-order valence-electron chi connectivity index (χ3n) is 6.43. The molecule has 0 saturated heterocycles. The summed E-state index contributed by atoms with van der Waals surface area (Å²) in [6, 6.07) is 10.0. The monoisotopic (exact) mass is 649 g/mol. The van der Waals surface area contributed by atoms with Gasteiger partial charge in [-0.25, -0.2) is 4.57 Å². The summed E-state index contributed by atoms with van der Waals surface area (Å²) in [5.41, 5.74) is 4.26. The third kappa shape index (κ3) is 10.7. The molecule has 45 heavy (non-hydrogen) atoms. The molecule has 0 bridgehead atoms. The number of rotatable bonds is 15. The van der Waals surface area contributed by atoms with Gasteiger partial charge >= 0.3 is 19.8 Å². The minimum absolute atomic E-state index is 0.134. The zero-order valence-electron chi connectivity index (χ0n) is 26.4. The fourth-order valence-corrected chi connectivity index (χ4v) is 5.26. The summed E-state index contributed by atoms with van der Waals surface area (Å²) in [6.45, 7) is 8.82. The molecule has 13 nitrogen and oxygen atoms in total. The standard InChI is InChI=1S/C31H40NO12P/c1-19-8-9-25-24(14-19)30-26(15-20(2)16-27(30)44-31(25,5)6)43-29(38-7)11-10-28(35)32-12-13-40-45(36,37)41-18-23(42-22(4)34)17-39-21(3)33/h8-11,14-16,23,29H,12-13,17-18H2,1-7H3,(H,32,35)(H,36,37)/b11-10-. The summed E-state index contributed by atoms with van der Waals surface area (Å²) in [6.07, 6.45) is 0.597. The molecule has 0 radical (unpaired) electrons. The van der Waals surface area contributed by atoms with E-state index in [4.69, 9.17) is 32.7 Å². The highest BCUT2D eigenvalue weighted by atomic mass is 31.2. The molecule has 0 spiro atoms. The number of carbonyl (C=O) groups excluding carboxylic acids is 3. The molecule has 3 unspecified atom stereocenters. The summed E-state index contributed by atoms with van der Waals surface area (Å²) in [5, 5.41) is 2.51. The van der Waals surface area contributed by atoms with Crippen molar-refractivity contribution in [1.29, 1.82) is 0 Å². The van der Waals surface area contributed by atoms with E-state index in [1.54, 1.807) is 0 Å². The first kappa shape index (κ1) is 35.7. The van der Waals surface area contributed by atoms with Gasteiger partial charge in [-0.3, -0.25) is 23.4 Å². The van der Waals surface area contributed by atoms with Crippen LogP contribution in [-0.2, 0) is 47.8 Å². The second-order valence-electron chi connectivity index (χ2n) is 10.8. The van der Waals surface area contributed by atoms with Gasteiger partial charge in [0, 0.05) is 39.1 Å². The highest BCUT2D eigenvalue weighted by molar-refractivity contribution is 7.47. The van der Waals surface area contributed by atoms with Gasteiger partial charge in [0.1, 0.15) is 23.7 Å². The Labute approximate surface area is 262 Å². The number of fused-ring (bicyclic) bond motifs is 3. The van der Waals surface area contributed by atoms with E-state index in [1.807, 2.05) is 52.0 Å². The lowest BCUT2D eigenvalue weighted by atomic mass is 9.84. The lowest BCUT2D eigenvalue weighted by molar-refractivity contribution is -0.158. The molecule has 14 heteroatoms. The van der Waals surface area contributed by atoms with Crippen LogP contribution < -0.4 is 14.8 Å². The molecule has 1 heterocycles. The first-order chi connectivity index (χ1) is 21.1. The first-order valence-corrected chi connectivity index (χ1v) is 15.6. The minimum atomic E-state index is -4.57. The van der Waals surface area contributed by atoms with E-state index in [0.717, 1.165) is 41.7 Å². The Kier molecular flexibility index (Phi) is 12.3. The van der Waals surface area contributed by atoms with Gasteiger partial charge in [0.2, 0.25) is 12.2 Å². The predicted molar refractivity (Wildman–Crippen MR) is 162 cm³/mol. The normalized spacial score (nSPS) is 15.9. The maximum absolute atomic E-state index is 12.4. The number of methoxy groups -OCH3 is 1. The van der Waals surface area contributed by atoms with Gasteiger partial charge in [0.15, 0.2) is 6.10 Å². The molecule has 0 aromatic heterocycles. The smallest absolute Gasteiger partial charge is 0.472 e. The number of benzene rings is 2. The van der Waals surface area contributed by atoms with E-state index in [2.05, 4.69) is 11.4 Å². The van der Waals surface area contributed by atoms with Gasteiger partial charge in [0.25, 0.3) is 0 Å². The van der Waals surface area contributed by atoms with Gasteiger partial charge in [-0.15, -0.1) is 0 Å². The van der Waals surface area contributed by atoms with E-state index in [0.29, 0.717) is 11.5 Å². The number of hydrogen-bond donors (Lipinski definition) is 2. The maximum atomic E-state index is 12.4. The Bertz CT molecular complexity index is 1470. The van der Waals surface area contributed by atoms with Crippen molar-refractivity contribution in [2.24, 2.45) is 0 Å². The molecule has 0 fully saturated rings. The number of ether oxygens (including phenoxy) is 5. The average Bonchev–Trinajstić information content (AvgIpc) is 2.93. The molecule has 1 aliphatic rings. The van der Waals surface area contributed by atoms with Crippen LogP contribution in [0.1, 0.15) is 44.4 Å². The number of esters is 2. The molecule has 1 amide bonds. The molecule has 1 aliphatic heterocycles. The number of carbonyl (C=O) groups is 3. The van der Waals surface area contributed by atoms with Gasteiger partial charge in [0.05, 0.1) is 18.8 Å². The molecular weight excluding hydrogens is 609 g/mol. The summed E-state index contributed by atoms with van der Waals surface area (Å²) in [4.78, 5) is 44.5. The lowest BCUT2D eigenvalue weighted by Gasteiger charge is -2.36. The number of nitrogens with one attached hydrogen (secondary N) is 1. The molecular formula is C31H40NO12P. The Morgan fingerprint density at radius 1 is 1.04 bits per heavy atom. The number of hydrogen-bond acceptors (Lipinski definition) is 11. The van der Waals surface area contributed by atoms with Crippen molar-refractivity contribution >= 4 is 25.7 Å². The van der Waals surface area contributed by atoms with Crippen LogP contribution in [0.25, 0.3) is 11.1 Å². The van der Waals surface area contributed by atoms with Gasteiger partial charge in [-0.1, -0.05) is 23.8 Å². The lowest BCUT2D eigenvalue weighted by Crippen LogP contribution is -2.30. The molecule has 2 aromatic carbocycles. The van der Waals surface area contributed by atoms with Crippen LogP contribution in [0.4, 0.5) is 0 Å². The zero-order chi connectivity index (χ0) is 33.4. The molecule has 0 saturated carbocycles. The van der Waals surface area contributed by atoms with E-state index >= 15 is 0 Å². The number of phosphoric ester groups is 1. The van der Waals surface area contributed by atoms with Crippen molar-refractivity contribution in [2.45, 2.75) is 59.5 Å². The van der Waals surface area contributed by atoms with E-state index < -0.39 is 50.3 Å². The Morgan fingerprint density at radius 2 is 1.78 bits per heavy atom. The molecule has 2 N–H and O–H groups in total. The van der Waals surface area contributed by atoms with Crippen LogP contribution in [0, 0.1) is 13.8 Å². The second-order valence-corrected chi connectivity index (χ2v) is 12.3. The minimum Gasteiger partial charge on any atom is -0.482 e. The highest BCUT2D eigenvalue weighted by Crippen LogP contribution is 2.50. The molecule has 2 aromatic rings. The molecule has 3 rings (SSSR count).